The average molecular weight is 303 g/mol. The number of methoxy groups -OCH3 is 2. The highest BCUT2D eigenvalue weighted by molar-refractivity contribution is 6.32. The van der Waals surface area contributed by atoms with Crippen molar-refractivity contribution in [2.45, 2.75) is 0 Å². The number of carbonyl (C=O) groups is 1. The van der Waals surface area contributed by atoms with Gasteiger partial charge in [-0.2, -0.15) is 0 Å². The lowest BCUT2D eigenvalue weighted by molar-refractivity contribution is 0.0600. The number of carbonyl (C=O) groups excluding carboxylic acids is 1. The molecular formula is C17H15ClO3. The summed E-state index contributed by atoms with van der Waals surface area (Å²) >= 11 is 6.17. The second kappa shape index (κ2) is 6.95. The molecule has 4 heteroatoms. The summed E-state index contributed by atoms with van der Waals surface area (Å²) in [6, 6.07) is 12.7. The van der Waals surface area contributed by atoms with Crippen molar-refractivity contribution in [3.05, 3.63) is 64.2 Å². The third-order valence-corrected chi connectivity index (χ3v) is 3.30. The minimum absolute atomic E-state index is 0.354. The largest absolute Gasteiger partial charge is 0.497 e. The van der Waals surface area contributed by atoms with Crippen molar-refractivity contribution >= 4 is 29.7 Å². The highest BCUT2D eigenvalue weighted by Gasteiger charge is 2.04. The first-order chi connectivity index (χ1) is 10.1. The molecule has 0 bridgehead atoms. The van der Waals surface area contributed by atoms with Gasteiger partial charge in [0, 0.05) is 0 Å². The van der Waals surface area contributed by atoms with E-state index in [-0.39, 0.29) is 5.97 Å². The normalized spacial score (nSPS) is 10.6. The van der Waals surface area contributed by atoms with Gasteiger partial charge in [-0.15, -0.1) is 0 Å². The molecular weight excluding hydrogens is 288 g/mol. The Labute approximate surface area is 128 Å². The summed E-state index contributed by atoms with van der Waals surface area (Å²) in [5, 5.41) is 0.606. The maximum atomic E-state index is 11.5. The SMILES string of the molecule is COC(=O)c1cccc(C=Cc2ccc(OC)cc2Cl)c1. The number of esters is 1. The number of hydrogen-bond acceptors (Lipinski definition) is 3. The van der Waals surface area contributed by atoms with Crippen molar-refractivity contribution < 1.29 is 14.3 Å². The van der Waals surface area contributed by atoms with Gasteiger partial charge in [0.25, 0.3) is 0 Å². The zero-order valence-corrected chi connectivity index (χ0v) is 12.6. The molecule has 0 aliphatic carbocycles. The van der Waals surface area contributed by atoms with Crippen LogP contribution in [0.5, 0.6) is 5.75 Å². The van der Waals surface area contributed by atoms with Crippen molar-refractivity contribution in [2.75, 3.05) is 14.2 Å². The summed E-state index contributed by atoms with van der Waals surface area (Å²) in [6.45, 7) is 0. The topological polar surface area (TPSA) is 35.5 Å². The van der Waals surface area contributed by atoms with E-state index in [1.54, 1.807) is 25.3 Å². The molecule has 2 aromatic carbocycles. The minimum atomic E-state index is -0.354. The molecule has 108 valence electrons. The van der Waals surface area contributed by atoms with Gasteiger partial charge in [-0.05, 0) is 41.5 Å². The highest BCUT2D eigenvalue weighted by atomic mass is 35.5. The Bertz CT molecular complexity index is 677. The van der Waals surface area contributed by atoms with Gasteiger partial charge in [0.15, 0.2) is 0 Å². The maximum Gasteiger partial charge on any atom is 0.337 e. The third kappa shape index (κ3) is 3.86. The van der Waals surface area contributed by atoms with E-state index < -0.39 is 0 Å². The van der Waals surface area contributed by atoms with Gasteiger partial charge in [0.1, 0.15) is 5.75 Å². The van der Waals surface area contributed by atoms with E-state index >= 15 is 0 Å². The number of benzene rings is 2. The van der Waals surface area contributed by atoms with Gasteiger partial charge >= 0.3 is 5.97 Å². The quantitative estimate of drug-likeness (QED) is 0.624. The molecule has 0 saturated carbocycles. The Morgan fingerprint density at radius 3 is 2.57 bits per heavy atom. The Hall–Kier alpha value is -2.26. The minimum Gasteiger partial charge on any atom is -0.497 e. The van der Waals surface area contributed by atoms with Gasteiger partial charge in [-0.3, -0.25) is 0 Å². The van der Waals surface area contributed by atoms with Crippen LogP contribution in [0.3, 0.4) is 0 Å². The summed E-state index contributed by atoms with van der Waals surface area (Å²) in [5.74, 6) is 0.359. The number of hydrogen-bond donors (Lipinski definition) is 0. The lowest BCUT2D eigenvalue weighted by atomic mass is 10.1. The Balaban J connectivity index is 2.23. The Morgan fingerprint density at radius 2 is 1.90 bits per heavy atom. The van der Waals surface area contributed by atoms with Crippen LogP contribution in [0.2, 0.25) is 5.02 Å². The number of ether oxygens (including phenoxy) is 2. The molecule has 0 N–H and O–H groups in total. The van der Waals surface area contributed by atoms with Crippen LogP contribution in [0.4, 0.5) is 0 Å². The fourth-order valence-corrected chi connectivity index (χ4v) is 2.08. The second-order valence-electron chi connectivity index (χ2n) is 4.34. The predicted octanol–water partition coefficient (Wildman–Crippen LogP) is 4.31. The Kier molecular flexibility index (Phi) is 5.01. The van der Waals surface area contributed by atoms with E-state index in [4.69, 9.17) is 21.1 Å². The predicted molar refractivity (Wildman–Crippen MR) is 84.7 cm³/mol. The maximum absolute atomic E-state index is 11.5. The molecule has 0 radical (unpaired) electrons. The van der Waals surface area contributed by atoms with Crippen molar-refractivity contribution in [1.82, 2.24) is 0 Å². The van der Waals surface area contributed by atoms with Crippen molar-refractivity contribution in [2.24, 2.45) is 0 Å². The first-order valence-electron chi connectivity index (χ1n) is 6.34. The van der Waals surface area contributed by atoms with E-state index in [9.17, 15) is 4.79 Å². The van der Waals surface area contributed by atoms with Crippen LogP contribution in [0.15, 0.2) is 42.5 Å². The fraction of sp³-hybridized carbons (Fsp3) is 0.118. The molecule has 0 atom stereocenters. The van der Waals surface area contributed by atoms with E-state index in [1.807, 2.05) is 36.4 Å². The summed E-state index contributed by atoms with van der Waals surface area (Å²) in [6.07, 6.45) is 3.78. The van der Waals surface area contributed by atoms with Gasteiger partial charge < -0.3 is 9.47 Å². The van der Waals surface area contributed by atoms with Gasteiger partial charge in [0.05, 0.1) is 24.8 Å². The first kappa shape index (κ1) is 15.1. The number of halogens is 1. The monoisotopic (exact) mass is 302 g/mol. The van der Waals surface area contributed by atoms with Gasteiger partial charge in [-0.1, -0.05) is 35.9 Å². The Morgan fingerprint density at radius 1 is 1.10 bits per heavy atom. The van der Waals surface area contributed by atoms with E-state index in [0.717, 1.165) is 11.1 Å². The second-order valence-corrected chi connectivity index (χ2v) is 4.75. The summed E-state index contributed by atoms with van der Waals surface area (Å²) in [7, 11) is 2.96. The molecule has 2 rings (SSSR count). The molecule has 0 aliphatic rings. The molecule has 0 unspecified atom stereocenters. The van der Waals surface area contributed by atoms with E-state index in [0.29, 0.717) is 16.3 Å². The molecule has 0 heterocycles. The summed E-state index contributed by atoms with van der Waals surface area (Å²) in [5.41, 5.74) is 2.28. The molecule has 0 saturated heterocycles. The van der Waals surface area contributed by atoms with Crippen LogP contribution >= 0.6 is 11.6 Å². The van der Waals surface area contributed by atoms with E-state index in [2.05, 4.69) is 0 Å². The van der Waals surface area contributed by atoms with Crippen LogP contribution in [0, 0.1) is 0 Å². The molecule has 0 aromatic heterocycles. The lowest BCUT2D eigenvalue weighted by Crippen LogP contribution is -2.00. The van der Waals surface area contributed by atoms with Crippen molar-refractivity contribution in [3.63, 3.8) is 0 Å². The highest BCUT2D eigenvalue weighted by Crippen LogP contribution is 2.24. The first-order valence-corrected chi connectivity index (χ1v) is 6.72. The summed E-state index contributed by atoms with van der Waals surface area (Å²) < 4.78 is 9.81. The average Bonchev–Trinajstić information content (AvgIpc) is 2.53. The molecule has 0 aliphatic heterocycles. The molecule has 3 nitrogen and oxygen atoms in total. The van der Waals surface area contributed by atoms with Gasteiger partial charge in [0.2, 0.25) is 0 Å². The zero-order valence-electron chi connectivity index (χ0n) is 11.8. The van der Waals surface area contributed by atoms with Crippen molar-refractivity contribution in [1.29, 1.82) is 0 Å². The van der Waals surface area contributed by atoms with Gasteiger partial charge in [-0.25, -0.2) is 4.79 Å². The molecule has 0 amide bonds. The molecule has 0 fully saturated rings. The standard InChI is InChI=1S/C17H15ClO3/c1-20-15-9-8-13(16(18)11-15)7-6-12-4-3-5-14(10-12)17(19)21-2/h3-11H,1-2H3. The van der Waals surface area contributed by atoms with Crippen LogP contribution in [0.25, 0.3) is 12.2 Å². The summed E-state index contributed by atoms with van der Waals surface area (Å²) in [4.78, 5) is 11.5. The smallest absolute Gasteiger partial charge is 0.337 e. The molecule has 21 heavy (non-hydrogen) atoms. The zero-order chi connectivity index (χ0) is 15.2. The molecule has 2 aromatic rings. The lowest BCUT2D eigenvalue weighted by Gasteiger charge is -2.03. The van der Waals surface area contributed by atoms with Crippen LogP contribution in [0.1, 0.15) is 21.5 Å². The molecule has 0 spiro atoms. The fourth-order valence-electron chi connectivity index (χ4n) is 1.84. The van der Waals surface area contributed by atoms with Crippen LogP contribution < -0.4 is 4.74 Å². The van der Waals surface area contributed by atoms with Crippen molar-refractivity contribution in [3.8, 4) is 5.75 Å². The van der Waals surface area contributed by atoms with Crippen LogP contribution in [-0.2, 0) is 4.74 Å². The van der Waals surface area contributed by atoms with Crippen LogP contribution in [-0.4, -0.2) is 20.2 Å². The van der Waals surface area contributed by atoms with E-state index in [1.165, 1.54) is 7.11 Å². The number of rotatable bonds is 4. The third-order valence-electron chi connectivity index (χ3n) is 2.97.